The van der Waals surface area contributed by atoms with Crippen molar-refractivity contribution in [3.8, 4) is 5.75 Å². The number of guanidine groups is 1. The lowest BCUT2D eigenvalue weighted by Gasteiger charge is -2.22. The molecule has 12 heteroatoms. The van der Waals surface area contributed by atoms with Crippen LogP contribution in [0, 0.1) is 5.41 Å². The normalized spacial score (nSPS) is 15.4. The van der Waals surface area contributed by atoms with E-state index in [-0.39, 0.29) is 34.7 Å². The van der Waals surface area contributed by atoms with Gasteiger partial charge in [0.15, 0.2) is 34.7 Å². The fraction of sp³-hybridized carbons (Fsp3) is 0.478. The number of unbranched alkanes of at least 4 members (excludes halogenated alkanes) is 1. The highest BCUT2D eigenvalue weighted by molar-refractivity contribution is 6.31. The lowest BCUT2D eigenvalue weighted by atomic mass is 10.1. The van der Waals surface area contributed by atoms with Crippen LogP contribution in [0.5, 0.6) is 5.75 Å². The number of benzene rings is 1. The highest BCUT2D eigenvalue weighted by atomic mass is 35.5. The summed E-state index contributed by atoms with van der Waals surface area (Å²) >= 11 is 5.78. The van der Waals surface area contributed by atoms with Crippen LogP contribution in [0.4, 0.5) is 11.6 Å². The van der Waals surface area contributed by atoms with Crippen molar-refractivity contribution in [2.45, 2.75) is 44.8 Å². The molecule has 2 heterocycles. The number of amides is 1. The molecule has 3 rings (SSSR count). The van der Waals surface area contributed by atoms with E-state index in [4.69, 9.17) is 42.7 Å². The standard InChI is InChI=1S/C23H32ClN7O4/c24-19-21(26)30-20(25)18(29-19)22(32)31-23(27)28-11-3-1-5-15-7-9-16(10-8-15)33-13-14-35-17-6-2-4-12-34-17/h7-10,17H,1-6,11-14H2,(H4,25,26,30)(H3,27,28,31,32). The van der Waals surface area contributed by atoms with Crippen LogP contribution in [0.3, 0.4) is 0 Å². The van der Waals surface area contributed by atoms with Crippen molar-refractivity contribution < 1.29 is 19.0 Å². The minimum Gasteiger partial charge on any atom is -0.491 e. The van der Waals surface area contributed by atoms with Gasteiger partial charge in [-0.2, -0.15) is 0 Å². The molecule has 0 radical (unpaired) electrons. The molecule has 1 aromatic carbocycles. The number of nitrogen functional groups attached to an aromatic ring is 2. The first kappa shape index (κ1) is 26.5. The molecule has 0 aliphatic carbocycles. The first-order chi connectivity index (χ1) is 16.9. The number of aryl methyl sites for hydroxylation is 1. The zero-order valence-electron chi connectivity index (χ0n) is 19.5. The third kappa shape index (κ3) is 8.85. The van der Waals surface area contributed by atoms with E-state index in [1.54, 1.807) is 0 Å². The van der Waals surface area contributed by atoms with Gasteiger partial charge in [-0.3, -0.25) is 15.5 Å². The van der Waals surface area contributed by atoms with E-state index in [0.29, 0.717) is 19.8 Å². The van der Waals surface area contributed by atoms with Crippen LogP contribution in [0.2, 0.25) is 5.15 Å². The molecule has 1 saturated heterocycles. The Bertz CT molecular complexity index is 985. The number of hydrogen-bond donors (Lipinski definition) is 5. The Balaban J connectivity index is 1.27. The van der Waals surface area contributed by atoms with Gasteiger partial charge in [-0.25, -0.2) is 9.97 Å². The smallest absolute Gasteiger partial charge is 0.280 e. The van der Waals surface area contributed by atoms with Crippen LogP contribution in [0.25, 0.3) is 0 Å². The van der Waals surface area contributed by atoms with E-state index in [9.17, 15) is 4.79 Å². The zero-order chi connectivity index (χ0) is 25.0. The van der Waals surface area contributed by atoms with Crippen molar-refractivity contribution in [2.75, 3.05) is 37.8 Å². The summed E-state index contributed by atoms with van der Waals surface area (Å²) in [6.45, 7) is 2.28. The van der Waals surface area contributed by atoms with Crippen LogP contribution < -0.4 is 26.8 Å². The SMILES string of the molecule is N=C(NCCCCc1ccc(OCCOC2CCCCO2)cc1)NC(=O)c1nc(Cl)c(N)nc1N. The molecule has 0 spiro atoms. The number of aromatic nitrogens is 2. The minimum atomic E-state index is -0.689. The maximum atomic E-state index is 12.2. The Morgan fingerprint density at radius 1 is 1.14 bits per heavy atom. The Kier molecular flexibility index (Phi) is 10.3. The molecule has 1 fully saturated rings. The monoisotopic (exact) mass is 505 g/mol. The number of hydrogen-bond acceptors (Lipinski definition) is 9. The molecule has 0 saturated carbocycles. The fourth-order valence-electron chi connectivity index (χ4n) is 3.43. The van der Waals surface area contributed by atoms with Crippen molar-refractivity contribution in [2.24, 2.45) is 0 Å². The predicted octanol–water partition coefficient (Wildman–Crippen LogP) is 2.49. The molecule has 1 aliphatic rings. The summed E-state index contributed by atoms with van der Waals surface area (Å²) in [4.78, 5) is 19.8. The fourth-order valence-corrected chi connectivity index (χ4v) is 3.55. The van der Waals surface area contributed by atoms with E-state index < -0.39 is 5.91 Å². The Labute approximate surface area is 209 Å². The van der Waals surface area contributed by atoms with Gasteiger partial charge in [0, 0.05) is 13.2 Å². The number of anilines is 2. The van der Waals surface area contributed by atoms with Gasteiger partial charge < -0.3 is 31.0 Å². The molecule has 1 atom stereocenters. The second-order valence-corrected chi connectivity index (χ2v) is 8.36. The van der Waals surface area contributed by atoms with Gasteiger partial charge in [0.05, 0.1) is 6.61 Å². The molecule has 7 N–H and O–H groups in total. The predicted molar refractivity (Wildman–Crippen MR) is 133 cm³/mol. The largest absolute Gasteiger partial charge is 0.491 e. The highest BCUT2D eigenvalue weighted by Gasteiger charge is 2.17. The molecule has 2 aromatic rings. The average molecular weight is 506 g/mol. The summed E-state index contributed by atoms with van der Waals surface area (Å²) in [6.07, 6.45) is 5.72. The molecular formula is C23H32ClN7O4. The van der Waals surface area contributed by atoms with E-state index in [2.05, 4.69) is 20.6 Å². The number of rotatable bonds is 11. The summed E-state index contributed by atoms with van der Waals surface area (Å²) in [5, 5.41) is 12.9. The summed E-state index contributed by atoms with van der Waals surface area (Å²) in [5.41, 5.74) is 12.2. The van der Waals surface area contributed by atoms with Crippen molar-refractivity contribution in [1.82, 2.24) is 20.6 Å². The molecule has 11 nitrogen and oxygen atoms in total. The minimum absolute atomic E-state index is 0.0638. The van der Waals surface area contributed by atoms with Crippen LogP contribution in [-0.2, 0) is 15.9 Å². The number of halogens is 1. The van der Waals surface area contributed by atoms with Crippen molar-refractivity contribution in [3.05, 3.63) is 40.7 Å². The summed E-state index contributed by atoms with van der Waals surface area (Å²) in [5.74, 6) is -0.266. The number of nitrogens with two attached hydrogens (primary N) is 2. The quantitative estimate of drug-likeness (QED) is 0.175. The summed E-state index contributed by atoms with van der Waals surface area (Å²) in [6, 6.07) is 7.99. The van der Waals surface area contributed by atoms with Gasteiger partial charge >= 0.3 is 0 Å². The highest BCUT2D eigenvalue weighted by Crippen LogP contribution is 2.17. The first-order valence-corrected chi connectivity index (χ1v) is 12.0. The molecular weight excluding hydrogens is 474 g/mol. The molecule has 35 heavy (non-hydrogen) atoms. The van der Waals surface area contributed by atoms with E-state index >= 15 is 0 Å². The first-order valence-electron chi connectivity index (χ1n) is 11.6. The third-order valence-corrected chi connectivity index (χ3v) is 5.55. The second-order valence-electron chi connectivity index (χ2n) is 8.01. The van der Waals surface area contributed by atoms with Crippen molar-refractivity contribution >= 4 is 35.1 Å². The van der Waals surface area contributed by atoms with Crippen molar-refractivity contribution in [1.29, 1.82) is 5.41 Å². The van der Waals surface area contributed by atoms with Gasteiger partial charge in [-0.15, -0.1) is 0 Å². The van der Waals surface area contributed by atoms with Gasteiger partial charge in [-0.1, -0.05) is 23.7 Å². The van der Waals surface area contributed by atoms with E-state index in [1.165, 1.54) is 5.56 Å². The average Bonchev–Trinajstić information content (AvgIpc) is 2.85. The third-order valence-electron chi connectivity index (χ3n) is 5.27. The Morgan fingerprint density at radius 2 is 1.94 bits per heavy atom. The maximum Gasteiger partial charge on any atom is 0.280 e. The summed E-state index contributed by atoms with van der Waals surface area (Å²) < 4.78 is 16.9. The van der Waals surface area contributed by atoms with E-state index in [1.807, 2.05) is 24.3 Å². The number of nitrogens with one attached hydrogen (secondary N) is 3. The second kappa shape index (κ2) is 13.7. The Morgan fingerprint density at radius 3 is 2.69 bits per heavy atom. The van der Waals surface area contributed by atoms with Crippen LogP contribution in [-0.4, -0.2) is 54.5 Å². The molecule has 1 aliphatic heterocycles. The van der Waals surface area contributed by atoms with Crippen LogP contribution >= 0.6 is 11.6 Å². The summed E-state index contributed by atoms with van der Waals surface area (Å²) in [7, 11) is 0. The lowest BCUT2D eigenvalue weighted by molar-refractivity contribution is -0.165. The molecule has 1 unspecified atom stereocenters. The Hall–Kier alpha value is -3.15. The molecule has 0 bridgehead atoms. The van der Waals surface area contributed by atoms with Gasteiger partial charge in [0.25, 0.3) is 5.91 Å². The number of nitrogens with zero attached hydrogens (tertiary/aromatic N) is 2. The molecule has 190 valence electrons. The lowest BCUT2D eigenvalue weighted by Crippen LogP contribution is -2.41. The number of carbonyl (C=O) groups is 1. The number of ether oxygens (including phenoxy) is 3. The van der Waals surface area contributed by atoms with Gasteiger partial charge in [0.1, 0.15) is 12.4 Å². The van der Waals surface area contributed by atoms with Crippen LogP contribution in [0.1, 0.15) is 48.2 Å². The van der Waals surface area contributed by atoms with Crippen molar-refractivity contribution in [3.63, 3.8) is 0 Å². The van der Waals surface area contributed by atoms with Gasteiger partial charge in [-0.05, 0) is 56.2 Å². The van der Waals surface area contributed by atoms with Crippen LogP contribution in [0.15, 0.2) is 24.3 Å². The molecule has 1 aromatic heterocycles. The van der Waals surface area contributed by atoms with Gasteiger partial charge in [0.2, 0.25) is 0 Å². The topological polar surface area (TPSA) is 170 Å². The number of carbonyl (C=O) groups excluding carboxylic acids is 1. The maximum absolute atomic E-state index is 12.2. The van der Waals surface area contributed by atoms with E-state index in [0.717, 1.165) is 50.9 Å². The zero-order valence-corrected chi connectivity index (χ0v) is 20.3. The molecule has 1 amide bonds.